The molecule has 0 spiro atoms. The van der Waals surface area contributed by atoms with E-state index in [9.17, 15) is 0 Å². The van der Waals surface area contributed by atoms with Gasteiger partial charge in [-0.2, -0.15) is 0 Å². The summed E-state index contributed by atoms with van der Waals surface area (Å²) in [5.74, 6) is 2.60. The zero-order valence-corrected chi connectivity index (χ0v) is 20.2. The van der Waals surface area contributed by atoms with Crippen molar-refractivity contribution < 1.29 is 18.9 Å². The number of hydrogen-bond acceptors (Lipinski definition) is 6. The Hall–Kier alpha value is -1.46. The number of benzene rings is 1. The van der Waals surface area contributed by atoms with Crippen LogP contribution in [0, 0.1) is 0 Å². The highest BCUT2D eigenvalue weighted by Crippen LogP contribution is 2.39. The van der Waals surface area contributed by atoms with Crippen LogP contribution in [0.25, 0.3) is 0 Å². The molecule has 0 saturated heterocycles. The second-order valence-electron chi connectivity index (χ2n) is 6.00. The lowest BCUT2D eigenvalue weighted by Gasteiger charge is -2.19. The number of ether oxygens (including phenoxy) is 4. The molecule has 9 heteroatoms. The molecule has 0 aliphatic carbocycles. The minimum Gasteiger partial charge on any atom is -0.493 e. The molecule has 162 valence electrons. The van der Waals surface area contributed by atoms with Crippen molar-refractivity contribution in [3.05, 3.63) is 17.7 Å². The molecule has 0 heterocycles. The first-order chi connectivity index (χ1) is 13.1. The topological polar surface area (TPSA) is 76.6 Å². The third kappa shape index (κ3) is 8.70. The van der Waals surface area contributed by atoms with Gasteiger partial charge in [0.25, 0.3) is 0 Å². The number of hydrogen-bond donors (Lipinski definition) is 2. The molecular weight excluding hydrogens is 475 g/mol. The Bertz CT molecular complexity index is 587. The van der Waals surface area contributed by atoms with Crippen molar-refractivity contribution in [3.8, 4) is 17.2 Å². The second kappa shape index (κ2) is 15.5. The molecule has 8 nitrogen and oxygen atoms in total. The molecule has 0 atom stereocenters. The van der Waals surface area contributed by atoms with E-state index in [1.807, 2.05) is 12.1 Å². The fourth-order valence-corrected chi connectivity index (χ4v) is 2.66. The van der Waals surface area contributed by atoms with Gasteiger partial charge in [0.15, 0.2) is 17.5 Å². The van der Waals surface area contributed by atoms with Gasteiger partial charge in [0.05, 0.1) is 21.3 Å². The summed E-state index contributed by atoms with van der Waals surface area (Å²) >= 11 is 0. The van der Waals surface area contributed by atoms with Crippen LogP contribution in [0.4, 0.5) is 0 Å². The number of methoxy groups -OCH3 is 4. The van der Waals surface area contributed by atoms with Crippen LogP contribution >= 0.6 is 24.0 Å². The first-order valence-corrected chi connectivity index (χ1v) is 9.01. The lowest BCUT2D eigenvalue weighted by Crippen LogP contribution is -2.40. The molecule has 1 aromatic carbocycles. The van der Waals surface area contributed by atoms with E-state index < -0.39 is 0 Å². The van der Waals surface area contributed by atoms with E-state index >= 15 is 0 Å². The number of nitrogens with one attached hydrogen (secondary N) is 2. The first-order valence-electron chi connectivity index (χ1n) is 9.01. The van der Waals surface area contributed by atoms with Crippen molar-refractivity contribution in [1.29, 1.82) is 0 Å². The van der Waals surface area contributed by atoms with Crippen LogP contribution in [0.5, 0.6) is 17.2 Å². The molecule has 1 rings (SSSR count). The van der Waals surface area contributed by atoms with Gasteiger partial charge in [-0.25, -0.2) is 0 Å². The third-order valence-corrected chi connectivity index (χ3v) is 4.13. The van der Waals surface area contributed by atoms with Gasteiger partial charge in [0.1, 0.15) is 0 Å². The standard InChI is InChI=1S/C19H34N4O4.HI/c1-20-19(21-10-12-23(2)11-7-13-24-3)22-14-15-8-9-16(25-4)18(27-6)17(15)26-5;/h8-9H,7,10-14H2,1-6H3,(H2,20,21,22);1H. The summed E-state index contributed by atoms with van der Waals surface area (Å²) < 4.78 is 21.3. The van der Waals surface area contributed by atoms with E-state index in [-0.39, 0.29) is 24.0 Å². The predicted molar refractivity (Wildman–Crippen MR) is 124 cm³/mol. The van der Waals surface area contributed by atoms with Crippen LogP contribution in [0.1, 0.15) is 12.0 Å². The van der Waals surface area contributed by atoms with Gasteiger partial charge in [-0.05, 0) is 25.6 Å². The SMILES string of the molecule is CN=C(NCCN(C)CCCOC)NCc1ccc(OC)c(OC)c1OC.I. The molecule has 1 aromatic rings. The number of guanidine groups is 1. The summed E-state index contributed by atoms with van der Waals surface area (Å²) in [6.45, 7) is 4.06. The summed E-state index contributed by atoms with van der Waals surface area (Å²) in [6.07, 6.45) is 1.03. The molecule has 0 aliphatic heterocycles. The van der Waals surface area contributed by atoms with Crippen molar-refractivity contribution in [2.24, 2.45) is 4.99 Å². The zero-order chi connectivity index (χ0) is 20.1. The molecular formula is C19H35IN4O4. The molecule has 0 amide bonds. The van der Waals surface area contributed by atoms with Crippen molar-refractivity contribution in [3.63, 3.8) is 0 Å². The predicted octanol–water partition coefficient (Wildman–Crippen LogP) is 1.96. The van der Waals surface area contributed by atoms with Crippen LogP contribution in [0.15, 0.2) is 17.1 Å². The zero-order valence-electron chi connectivity index (χ0n) is 17.8. The van der Waals surface area contributed by atoms with Crippen LogP contribution in [-0.2, 0) is 11.3 Å². The average molecular weight is 510 g/mol. The molecule has 2 N–H and O–H groups in total. The molecule has 0 fully saturated rings. The summed E-state index contributed by atoms with van der Waals surface area (Å²) in [7, 11) is 10.4. The Kier molecular flexibility index (Phi) is 14.7. The van der Waals surface area contributed by atoms with E-state index in [4.69, 9.17) is 18.9 Å². The molecule has 28 heavy (non-hydrogen) atoms. The van der Waals surface area contributed by atoms with E-state index in [2.05, 4.69) is 27.6 Å². The minimum absolute atomic E-state index is 0. The number of nitrogens with zero attached hydrogens (tertiary/aromatic N) is 2. The molecule has 0 unspecified atom stereocenters. The maximum Gasteiger partial charge on any atom is 0.203 e. The summed E-state index contributed by atoms with van der Waals surface area (Å²) in [5, 5.41) is 6.62. The molecule has 0 bridgehead atoms. The van der Waals surface area contributed by atoms with Crippen molar-refractivity contribution in [2.45, 2.75) is 13.0 Å². The quantitative estimate of drug-likeness (QED) is 0.193. The minimum atomic E-state index is 0. The van der Waals surface area contributed by atoms with E-state index in [1.165, 1.54) is 0 Å². The van der Waals surface area contributed by atoms with Crippen molar-refractivity contribution >= 4 is 29.9 Å². The molecule has 0 saturated carbocycles. The number of likely N-dealkylation sites (N-methyl/N-ethyl adjacent to an activating group) is 1. The smallest absolute Gasteiger partial charge is 0.203 e. The number of halogens is 1. The normalized spacial score (nSPS) is 11.0. The van der Waals surface area contributed by atoms with Crippen molar-refractivity contribution in [1.82, 2.24) is 15.5 Å². The Balaban J connectivity index is 0.00000729. The highest BCUT2D eigenvalue weighted by Gasteiger charge is 2.15. The van der Waals surface area contributed by atoms with Crippen LogP contribution < -0.4 is 24.8 Å². The Morgan fingerprint density at radius 1 is 1.00 bits per heavy atom. The van der Waals surface area contributed by atoms with Crippen LogP contribution in [0.3, 0.4) is 0 Å². The third-order valence-electron chi connectivity index (χ3n) is 4.13. The summed E-state index contributed by atoms with van der Waals surface area (Å²) in [4.78, 5) is 6.53. The number of rotatable bonds is 12. The van der Waals surface area contributed by atoms with E-state index in [0.29, 0.717) is 23.8 Å². The maximum atomic E-state index is 5.51. The highest BCUT2D eigenvalue weighted by molar-refractivity contribution is 14.0. The monoisotopic (exact) mass is 510 g/mol. The maximum absolute atomic E-state index is 5.51. The van der Waals surface area contributed by atoms with E-state index in [1.54, 1.807) is 35.5 Å². The van der Waals surface area contributed by atoms with Gasteiger partial charge in [-0.3, -0.25) is 4.99 Å². The first kappa shape index (κ1) is 26.5. The average Bonchev–Trinajstić information content (AvgIpc) is 2.69. The van der Waals surface area contributed by atoms with Gasteiger partial charge in [0, 0.05) is 52.5 Å². The van der Waals surface area contributed by atoms with Gasteiger partial charge >= 0.3 is 0 Å². The van der Waals surface area contributed by atoms with Crippen LogP contribution in [0.2, 0.25) is 0 Å². The fourth-order valence-electron chi connectivity index (χ4n) is 2.66. The highest BCUT2D eigenvalue weighted by atomic mass is 127. The number of aliphatic imine (C=N–C) groups is 1. The summed E-state index contributed by atoms with van der Waals surface area (Å²) in [5.41, 5.74) is 0.954. The fraction of sp³-hybridized carbons (Fsp3) is 0.632. The molecule has 0 radical (unpaired) electrons. The largest absolute Gasteiger partial charge is 0.493 e. The van der Waals surface area contributed by atoms with Crippen molar-refractivity contribution in [2.75, 3.05) is 68.8 Å². The van der Waals surface area contributed by atoms with Gasteiger partial charge < -0.3 is 34.5 Å². The van der Waals surface area contributed by atoms with Gasteiger partial charge in [0.2, 0.25) is 5.75 Å². The van der Waals surface area contributed by atoms with Gasteiger partial charge in [-0.15, -0.1) is 24.0 Å². The lowest BCUT2D eigenvalue weighted by molar-refractivity contribution is 0.180. The Morgan fingerprint density at radius 3 is 2.29 bits per heavy atom. The Morgan fingerprint density at radius 2 is 1.71 bits per heavy atom. The van der Waals surface area contributed by atoms with E-state index in [0.717, 1.165) is 44.2 Å². The van der Waals surface area contributed by atoms with Gasteiger partial charge in [-0.1, -0.05) is 0 Å². The lowest BCUT2D eigenvalue weighted by atomic mass is 10.1. The second-order valence-corrected chi connectivity index (χ2v) is 6.00. The Labute approximate surface area is 186 Å². The molecule has 0 aliphatic rings. The van der Waals surface area contributed by atoms with Crippen LogP contribution in [-0.4, -0.2) is 79.6 Å². The summed E-state index contributed by atoms with van der Waals surface area (Å²) in [6, 6.07) is 3.81. The molecule has 0 aromatic heterocycles.